The molecule has 1 aromatic rings. The van der Waals surface area contributed by atoms with Crippen molar-refractivity contribution in [2.24, 2.45) is 0 Å². The minimum absolute atomic E-state index is 0.301. The summed E-state index contributed by atoms with van der Waals surface area (Å²) in [6.07, 6.45) is 3.58. The number of carbonyl (C=O) groups excluding carboxylic acids is 1. The molecule has 0 spiro atoms. The zero-order valence-corrected chi connectivity index (χ0v) is 10.4. The summed E-state index contributed by atoms with van der Waals surface area (Å²) >= 11 is 0. The molecule has 0 bridgehead atoms. The van der Waals surface area contributed by atoms with Gasteiger partial charge in [-0.15, -0.1) is 0 Å². The number of anilines is 2. The van der Waals surface area contributed by atoms with E-state index in [9.17, 15) is 4.79 Å². The maximum Gasteiger partial charge on any atom is 0.330 e. The van der Waals surface area contributed by atoms with Crippen molar-refractivity contribution in [2.75, 3.05) is 24.7 Å². The average Bonchev–Trinajstić information content (AvgIpc) is 2.32. The molecule has 0 saturated carbocycles. The van der Waals surface area contributed by atoms with Crippen molar-refractivity contribution in [3.8, 4) is 5.75 Å². The lowest BCUT2D eigenvalue weighted by Crippen LogP contribution is -2.08. The Morgan fingerprint density at radius 3 is 2.56 bits per heavy atom. The van der Waals surface area contributed by atoms with Gasteiger partial charge >= 0.3 is 5.97 Å². The molecule has 0 saturated heterocycles. The summed E-state index contributed by atoms with van der Waals surface area (Å²) in [6.45, 7) is 2.45. The Balaban J connectivity index is 2.28. The predicted molar refractivity (Wildman–Crippen MR) is 71.2 cm³/mol. The number of esters is 1. The Bertz CT molecular complexity index is 410. The second-order valence-electron chi connectivity index (χ2n) is 3.64. The molecule has 0 aliphatic carbocycles. The molecule has 98 valence electrons. The van der Waals surface area contributed by atoms with E-state index in [1.165, 1.54) is 6.08 Å². The van der Waals surface area contributed by atoms with E-state index in [0.29, 0.717) is 36.8 Å². The molecule has 0 radical (unpaired) electrons. The molecule has 4 N–H and O–H groups in total. The number of ether oxygens (including phenoxy) is 2. The number of nitrogens with two attached hydrogens (primary N) is 2. The molecule has 0 amide bonds. The van der Waals surface area contributed by atoms with Crippen LogP contribution in [-0.4, -0.2) is 19.2 Å². The van der Waals surface area contributed by atoms with E-state index in [0.717, 1.165) is 0 Å². The summed E-state index contributed by atoms with van der Waals surface area (Å²) in [4.78, 5) is 11.0. The van der Waals surface area contributed by atoms with E-state index in [2.05, 4.69) is 0 Å². The summed E-state index contributed by atoms with van der Waals surface area (Å²) in [7, 11) is 0. The van der Waals surface area contributed by atoms with E-state index in [1.807, 2.05) is 0 Å². The SMILES string of the molecule is CC=CC(=O)OCCCOc1c(N)cccc1N. The zero-order valence-electron chi connectivity index (χ0n) is 10.4. The van der Waals surface area contributed by atoms with Crippen LogP contribution in [-0.2, 0) is 9.53 Å². The topological polar surface area (TPSA) is 87.6 Å². The molecular formula is C13H18N2O3. The van der Waals surface area contributed by atoms with Gasteiger partial charge in [0.15, 0.2) is 5.75 Å². The van der Waals surface area contributed by atoms with E-state index < -0.39 is 0 Å². The molecule has 0 aliphatic heterocycles. The van der Waals surface area contributed by atoms with Gasteiger partial charge in [-0.05, 0) is 19.1 Å². The summed E-state index contributed by atoms with van der Waals surface area (Å²) in [5, 5.41) is 0. The van der Waals surface area contributed by atoms with Gasteiger partial charge in [-0.3, -0.25) is 0 Å². The molecule has 0 unspecified atom stereocenters. The van der Waals surface area contributed by atoms with Gasteiger partial charge in [-0.25, -0.2) is 4.79 Å². The van der Waals surface area contributed by atoms with E-state index in [1.54, 1.807) is 31.2 Å². The van der Waals surface area contributed by atoms with Crippen LogP contribution in [0.2, 0.25) is 0 Å². The fraction of sp³-hybridized carbons (Fsp3) is 0.308. The highest BCUT2D eigenvalue weighted by Crippen LogP contribution is 2.28. The summed E-state index contributed by atoms with van der Waals surface area (Å²) in [5.41, 5.74) is 12.5. The van der Waals surface area contributed by atoms with Gasteiger partial charge in [0.2, 0.25) is 0 Å². The first-order chi connectivity index (χ1) is 8.65. The summed E-state index contributed by atoms with van der Waals surface area (Å²) in [6, 6.07) is 5.20. The van der Waals surface area contributed by atoms with Crippen molar-refractivity contribution in [3.63, 3.8) is 0 Å². The molecule has 0 atom stereocenters. The number of para-hydroxylation sites is 1. The number of rotatable bonds is 6. The lowest BCUT2D eigenvalue weighted by Gasteiger charge is -2.10. The van der Waals surface area contributed by atoms with Crippen LogP contribution in [0.25, 0.3) is 0 Å². The Labute approximate surface area is 106 Å². The van der Waals surface area contributed by atoms with Gasteiger partial charge in [-0.2, -0.15) is 0 Å². The Kier molecular flexibility index (Phi) is 5.57. The zero-order chi connectivity index (χ0) is 13.4. The van der Waals surface area contributed by atoms with Gasteiger partial charge in [0, 0.05) is 12.5 Å². The van der Waals surface area contributed by atoms with Crippen molar-refractivity contribution in [1.29, 1.82) is 0 Å². The quantitative estimate of drug-likeness (QED) is 0.347. The van der Waals surface area contributed by atoms with Gasteiger partial charge in [0.25, 0.3) is 0 Å². The summed E-state index contributed by atoms with van der Waals surface area (Å²) < 4.78 is 10.4. The first kappa shape index (κ1) is 13.9. The third kappa shape index (κ3) is 4.37. The Morgan fingerprint density at radius 1 is 1.28 bits per heavy atom. The molecule has 0 aliphatic rings. The fourth-order valence-corrected chi connectivity index (χ4v) is 1.33. The lowest BCUT2D eigenvalue weighted by atomic mass is 10.2. The van der Waals surface area contributed by atoms with Gasteiger partial charge in [0.05, 0.1) is 24.6 Å². The maximum atomic E-state index is 11.0. The molecular weight excluding hydrogens is 232 g/mol. The largest absolute Gasteiger partial charge is 0.489 e. The smallest absolute Gasteiger partial charge is 0.330 e. The Morgan fingerprint density at radius 2 is 1.94 bits per heavy atom. The van der Waals surface area contributed by atoms with Crippen molar-refractivity contribution in [2.45, 2.75) is 13.3 Å². The van der Waals surface area contributed by atoms with Gasteiger partial charge < -0.3 is 20.9 Å². The number of allylic oxidation sites excluding steroid dienone is 1. The van der Waals surface area contributed by atoms with E-state index >= 15 is 0 Å². The minimum atomic E-state index is -0.351. The van der Waals surface area contributed by atoms with Crippen LogP contribution in [0.4, 0.5) is 11.4 Å². The van der Waals surface area contributed by atoms with Gasteiger partial charge in [-0.1, -0.05) is 12.1 Å². The van der Waals surface area contributed by atoms with Crippen molar-refractivity contribution < 1.29 is 14.3 Å². The van der Waals surface area contributed by atoms with Crippen LogP contribution in [0.15, 0.2) is 30.4 Å². The van der Waals surface area contributed by atoms with Crippen molar-refractivity contribution in [1.82, 2.24) is 0 Å². The third-order valence-corrected chi connectivity index (χ3v) is 2.16. The standard InChI is InChI=1S/C13H18N2O3/c1-2-5-12(16)17-8-4-9-18-13-10(14)6-3-7-11(13)15/h2-3,5-7H,4,8-9,14-15H2,1H3. The highest BCUT2D eigenvalue weighted by atomic mass is 16.5. The first-order valence-corrected chi connectivity index (χ1v) is 5.71. The van der Waals surface area contributed by atoms with Crippen LogP contribution in [0.3, 0.4) is 0 Å². The number of carbonyl (C=O) groups is 1. The van der Waals surface area contributed by atoms with Crippen LogP contribution in [0, 0.1) is 0 Å². The maximum absolute atomic E-state index is 11.0. The first-order valence-electron chi connectivity index (χ1n) is 5.71. The predicted octanol–water partition coefficient (Wildman–Crippen LogP) is 1.74. The second-order valence-corrected chi connectivity index (χ2v) is 3.64. The fourth-order valence-electron chi connectivity index (χ4n) is 1.33. The highest BCUT2D eigenvalue weighted by molar-refractivity contribution is 5.81. The molecule has 0 fully saturated rings. The van der Waals surface area contributed by atoms with Crippen LogP contribution in [0.1, 0.15) is 13.3 Å². The molecule has 1 rings (SSSR count). The molecule has 18 heavy (non-hydrogen) atoms. The van der Waals surface area contributed by atoms with Crippen LogP contribution in [0.5, 0.6) is 5.75 Å². The average molecular weight is 250 g/mol. The summed E-state index contributed by atoms with van der Waals surface area (Å²) in [5.74, 6) is 0.133. The van der Waals surface area contributed by atoms with E-state index in [4.69, 9.17) is 20.9 Å². The molecule has 1 aromatic carbocycles. The minimum Gasteiger partial charge on any atom is -0.489 e. The third-order valence-electron chi connectivity index (χ3n) is 2.16. The monoisotopic (exact) mass is 250 g/mol. The molecule has 5 heteroatoms. The lowest BCUT2D eigenvalue weighted by molar-refractivity contribution is -0.137. The number of benzene rings is 1. The normalized spacial score (nSPS) is 10.5. The molecule has 5 nitrogen and oxygen atoms in total. The number of nitrogen functional groups attached to an aromatic ring is 2. The van der Waals surface area contributed by atoms with Crippen molar-refractivity contribution >= 4 is 17.3 Å². The number of hydrogen-bond donors (Lipinski definition) is 2. The number of hydrogen-bond acceptors (Lipinski definition) is 5. The molecule has 0 heterocycles. The van der Waals surface area contributed by atoms with Crippen LogP contribution >= 0.6 is 0 Å². The Hall–Kier alpha value is -2.17. The van der Waals surface area contributed by atoms with Gasteiger partial charge in [0.1, 0.15) is 0 Å². The van der Waals surface area contributed by atoms with E-state index in [-0.39, 0.29) is 5.97 Å². The van der Waals surface area contributed by atoms with Crippen LogP contribution < -0.4 is 16.2 Å². The second kappa shape index (κ2) is 7.21. The van der Waals surface area contributed by atoms with Crippen molar-refractivity contribution in [3.05, 3.63) is 30.4 Å². The highest BCUT2D eigenvalue weighted by Gasteiger charge is 2.04. The molecule has 0 aromatic heterocycles.